The number of carbonyl (C=O) groups is 4. The van der Waals surface area contributed by atoms with Crippen molar-refractivity contribution < 1.29 is 53.2 Å². The highest BCUT2D eigenvalue weighted by Crippen LogP contribution is 2.34. The third-order valence-corrected chi connectivity index (χ3v) is 6.65. The summed E-state index contributed by atoms with van der Waals surface area (Å²) in [4.78, 5) is 67.0. The standard InChI is InChI=1S/C20H34N3O9P.C6H12O2/c1-31-19(26)14-23(17(20(27)32-2)12-16-6-4-3-5-7-16)11-10-22(15-33(28,29)30)9-8-21-13-18(24)25;1-5(2)3-4-6(7)8/h4,6-7,17,21H,3,5,8-15H2,1-2H3,(H,24,25)(H2,28,29,30);5H,3-4H2,1-2H3,(H,7,8). The molecule has 0 bridgehead atoms. The Morgan fingerprint density at radius 2 is 1.71 bits per heavy atom. The number of nitrogens with zero attached hydrogens (tertiary/aromatic N) is 2. The number of allylic oxidation sites excluding steroid dienone is 3. The van der Waals surface area contributed by atoms with Gasteiger partial charge in [0.15, 0.2) is 0 Å². The SMILES string of the molecule is CC(C)CCC(=O)O.COC(=O)CN(CCN(CCNCC(=O)O)CP(=O)(O)O)C(CC1=CCCC=C1)C(=O)OC. The fraction of sp³-hybridized carbons (Fsp3) is 0.692. The van der Waals surface area contributed by atoms with Crippen molar-refractivity contribution in [3.8, 4) is 0 Å². The molecule has 0 saturated heterocycles. The molecule has 236 valence electrons. The second-order valence-electron chi connectivity index (χ2n) is 9.87. The molecule has 5 N–H and O–H groups in total. The van der Waals surface area contributed by atoms with Crippen molar-refractivity contribution in [2.45, 2.75) is 52.0 Å². The second-order valence-corrected chi connectivity index (χ2v) is 11.5. The molecular weight excluding hydrogens is 561 g/mol. The average Bonchev–Trinajstić information content (AvgIpc) is 2.90. The zero-order valence-electron chi connectivity index (χ0n) is 24.4. The van der Waals surface area contributed by atoms with E-state index in [0.717, 1.165) is 24.8 Å². The minimum Gasteiger partial charge on any atom is -0.481 e. The fourth-order valence-electron chi connectivity index (χ4n) is 3.74. The summed E-state index contributed by atoms with van der Waals surface area (Å²) >= 11 is 0. The van der Waals surface area contributed by atoms with Crippen LogP contribution in [0.4, 0.5) is 0 Å². The van der Waals surface area contributed by atoms with Gasteiger partial charge in [-0.05, 0) is 31.6 Å². The molecule has 0 aliphatic heterocycles. The van der Waals surface area contributed by atoms with Crippen LogP contribution in [0.25, 0.3) is 0 Å². The first kappa shape index (κ1) is 38.4. The minimum absolute atomic E-state index is 0.110. The van der Waals surface area contributed by atoms with Crippen LogP contribution in [0.1, 0.15) is 46.0 Å². The number of hydrogen-bond donors (Lipinski definition) is 5. The number of esters is 2. The van der Waals surface area contributed by atoms with Crippen LogP contribution in [0.5, 0.6) is 0 Å². The summed E-state index contributed by atoms with van der Waals surface area (Å²) in [5.74, 6) is -2.34. The van der Waals surface area contributed by atoms with Crippen LogP contribution >= 0.6 is 7.60 Å². The number of nitrogens with one attached hydrogen (secondary N) is 1. The molecule has 0 spiro atoms. The van der Waals surface area contributed by atoms with Crippen LogP contribution in [0.3, 0.4) is 0 Å². The normalized spacial score (nSPS) is 13.8. The monoisotopic (exact) mass is 607 g/mol. The first-order valence-electron chi connectivity index (χ1n) is 13.3. The number of carboxylic acid groups (broad SMARTS) is 2. The zero-order chi connectivity index (χ0) is 31.4. The number of hydrogen-bond acceptors (Lipinski definition) is 10. The van der Waals surface area contributed by atoms with Gasteiger partial charge in [-0.3, -0.25) is 33.5 Å². The van der Waals surface area contributed by atoms with E-state index in [2.05, 4.69) is 5.32 Å². The third kappa shape index (κ3) is 20.9. The van der Waals surface area contributed by atoms with Gasteiger partial charge in [0.25, 0.3) is 0 Å². The molecule has 0 fully saturated rings. The van der Waals surface area contributed by atoms with Gasteiger partial charge in [-0.1, -0.05) is 37.6 Å². The molecule has 0 aromatic carbocycles. The molecule has 1 rings (SSSR count). The van der Waals surface area contributed by atoms with Gasteiger partial charge < -0.3 is 34.8 Å². The van der Waals surface area contributed by atoms with Crippen LogP contribution in [0.2, 0.25) is 0 Å². The smallest absolute Gasteiger partial charge is 0.339 e. The Balaban J connectivity index is 0.00000173. The first-order chi connectivity index (χ1) is 19.2. The Kier molecular flexibility index (Phi) is 19.8. The summed E-state index contributed by atoms with van der Waals surface area (Å²) in [6.07, 6.45) is 8.53. The molecule has 1 atom stereocenters. The van der Waals surface area contributed by atoms with E-state index in [-0.39, 0.29) is 39.3 Å². The van der Waals surface area contributed by atoms with Crippen molar-refractivity contribution in [3.05, 3.63) is 23.8 Å². The molecule has 15 heteroatoms. The highest BCUT2D eigenvalue weighted by molar-refractivity contribution is 7.51. The van der Waals surface area contributed by atoms with Crippen LogP contribution in [0, 0.1) is 5.92 Å². The van der Waals surface area contributed by atoms with E-state index in [9.17, 15) is 33.5 Å². The van der Waals surface area contributed by atoms with Crippen molar-refractivity contribution in [2.24, 2.45) is 5.92 Å². The topological polar surface area (TPSA) is 203 Å². The summed E-state index contributed by atoms with van der Waals surface area (Å²) in [6.45, 7) is 4.10. The van der Waals surface area contributed by atoms with Gasteiger partial charge in [-0.2, -0.15) is 0 Å². The van der Waals surface area contributed by atoms with E-state index in [4.69, 9.17) is 19.7 Å². The number of rotatable bonds is 19. The van der Waals surface area contributed by atoms with Gasteiger partial charge in [0.05, 0.1) is 27.3 Å². The van der Waals surface area contributed by atoms with Gasteiger partial charge in [-0.15, -0.1) is 0 Å². The van der Waals surface area contributed by atoms with Gasteiger partial charge in [-0.25, -0.2) is 0 Å². The van der Waals surface area contributed by atoms with E-state index >= 15 is 0 Å². The molecule has 1 aliphatic carbocycles. The minimum atomic E-state index is -4.40. The Hall–Kier alpha value is -2.61. The van der Waals surface area contributed by atoms with Crippen molar-refractivity contribution in [3.63, 3.8) is 0 Å². The van der Waals surface area contributed by atoms with E-state index in [0.29, 0.717) is 18.8 Å². The molecule has 0 saturated carbocycles. The molecule has 41 heavy (non-hydrogen) atoms. The molecule has 0 aromatic heterocycles. The lowest BCUT2D eigenvalue weighted by Gasteiger charge is -2.32. The van der Waals surface area contributed by atoms with E-state index in [1.54, 1.807) is 4.90 Å². The number of ether oxygens (including phenoxy) is 2. The van der Waals surface area contributed by atoms with E-state index < -0.39 is 43.8 Å². The summed E-state index contributed by atoms with van der Waals surface area (Å²) in [5, 5.41) is 19.5. The Labute approximate surface area is 241 Å². The number of aliphatic carboxylic acids is 2. The van der Waals surface area contributed by atoms with Crippen LogP contribution in [0.15, 0.2) is 23.8 Å². The lowest BCUT2D eigenvalue weighted by Crippen LogP contribution is -2.48. The maximum atomic E-state index is 12.6. The number of carbonyl (C=O) groups excluding carboxylic acids is 2. The molecular formula is C26H46N3O11P. The van der Waals surface area contributed by atoms with Gasteiger partial charge in [0, 0.05) is 32.6 Å². The Morgan fingerprint density at radius 1 is 1.02 bits per heavy atom. The first-order valence-corrected chi connectivity index (χ1v) is 15.1. The fourth-order valence-corrected chi connectivity index (χ4v) is 4.55. The summed E-state index contributed by atoms with van der Waals surface area (Å²) in [6, 6.07) is -0.801. The Bertz CT molecular complexity index is 934. The zero-order valence-corrected chi connectivity index (χ0v) is 25.3. The predicted molar refractivity (Wildman–Crippen MR) is 151 cm³/mol. The highest BCUT2D eigenvalue weighted by Gasteiger charge is 2.30. The van der Waals surface area contributed by atoms with Crippen LogP contribution < -0.4 is 5.32 Å². The van der Waals surface area contributed by atoms with Gasteiger partial charge in [0.1, 0.15) is 12.3 Å². The average molecular weight is 608 g/mol. The van der Waals surface area contributed by atoms with Crippen molar-refractivity contribution in [1.82, 2.24) is 15.1 Å². The van der Waals surface area contributed by atoms with Crippen molar-refractivity contribution in [1.29, 1.82) is 0 Å². The van der Waals surface area contributed by atoms with E-state index in [1.165, 1.54) is 19.1 Å². The van der Waals surface area contributed by atoms with Gasteiger partial charge >= 0.3 is 31.5 Å². The van der Waals surface area contributed by atoms with Crippen LogP contribution in [-0.4, -0.2) is 119 Å². The maximum absolute atomic E-state index is 12.6. The highest BCUT2D eigenvalue weighted by atomic mass is 31.2. The Morgan fingerprint density at radius 3 is 2.17 bits per heavy atom. The van der Waals surface area contributed by atoms with Crippen molar-refractivity contribution in [2.75, 3.05) is 59.8 Å². The number of methoxy groups -OCH3 is 2. The molecule has 0 radical (unpaired) electrons. The van der Waals surface area contributed by atoms with Crippen LogP contribution in [-0.2, 0) is 33.2 Å². The van der Waals surface area contributed by atoms with Gasteiger partial charge in [0.2, 0.25) is 0 Å². The quantitative estimate of drug-likeness (QED) is 0.0798. The summed E-state index contributed by atoms with van der Waals surface area (Å²) < 4.78 is 21.3. The summed E-state index contributed by atoms with van der Waals surface area (Å²) in [7, 11) is -1.91. The molecule has 1 unspecified atom stereocenters. The third-order valence-electron chi connectivity index (χ3n) is 5.88. The molecule has 1 aliphatic rings. The second kappa shape index (κ2) is 21.1. The predicted octanol–water partition coefficient (Wildman–Crippen LogP) is 1.29. The lowest BCUT2D eigenvalue weighted by molar-refractivity contribution is -0.150. The number of carboxylic acids is 2. The lowest BCUT2D eigenvalue weighted by atomic mass is 9.99. The maximum Gasteiger partial charge on any atom is 0.339 e. The molecule has 14 nitrogen and oxygen atoms in total. The molecule has 0 amide bonds. The molecule has 0 heterocycles. The largest absolute Gasteiger partial charge is 0.481 e. The molecule has 0 aromatic rings. The van der Waals surface area contributed by atoms with E-state index in [1.807, 2.05) is 32.1 Å². The van der Waals surface area contributed by atoms with Crippen molar-refractivity contribution >= 4 is 31.5 Å². The summed E-state index contributed by atoms with van der Waals surface area (Å²) in [5.41, 5.74) is 0.927.